The lowest BCUT2D eigenvalue weighted by molar-refractivity contribution is 0.208. The third-order valence-electron chi connectivity index (χ3n) is 4.13. The van der Waals surface area contributed by atoms with Crippen LogP contribution in [0.5, 0.6) is 5.88 Å². The molecule has 6 nitrogen and oxygen atoms in total. The molecule has 1 saturated heterocycles. The predicted octanol–water partition coefficient (Wildman–Crippen LogP) is 2.75. The Bertz CT molecular complexity index is 694. The van der Waals surface area contributed by atoms with Gasteiger partial charge in [0.2, 0.25) is 5.88 Å². The van der Waals surface area contributed by atoms with E-state index in [-0.39, 0.29) is 6.03 Å². The maximum absolute atomic E-state index is 12.4. The molecule has 0 atom stereocenters. The second-order valence-corrected chi connectivity index (χ2v) is 5.83. The van der Waals surface area contributed by atoms with Gasteiger partial charge < -0.3 is 19.9 Å². The summed E-state index contributed by atoms with van der Waals surface area (Å²) in [5.74, 6) is 0.528. The molecule has 0 saturated carbocycles. The van der Waals surface area contributed by atoms with Gasteiger partial charge >= 0.3 is 6.03 Å². The number of rotatable bonds is 3. The van der Waals surface area contributed by atoms with Crippen LogP contribution in [0.3, 0.4) is 0 Å². The van der Waals surface area contributed by atoms with Crippen LogP contribution >= 0.6 is 0 Å². The molecule has 2 amide bonds. The van der Waals surface area contributed by atoms with Gasteiger partial charge in [0.25, 0.3) is 0 Å². The van der Waals surface area contributed by atoms with E-state index in [9.17, 15) is 4.79 Å². The van der Waals surface area contributed by atoms with E-state index in [2.05, 4.69) is 46.4 Å². The summed E-state index contributed by atoms with van der Waals surface area (Å²) in [5, 5.41) is 2.88. The molecule has 3 rings (SSSR count). The number of anilines is 2. The van der Waals surface area contributed by atoms with Gasteiger partial charge in [-0.25, -0.2) is 9.78 Å². The topological polar surface area (TPSA) is 57.7 Å². The number of hydrogen-bond donors (Lipinski definition) is 1. The van der Waals surface area contributed by atoms with E-state index in [1.165, 1.54) is 11.3 Å². The number of aromatic nitrogens is 1. The lowest BCUT2D eigenvalue weighted by Gasteiger charge is -2.36. The zero-order valence-electron chi connectivity index (χ0n) is 14.0. The fourth-order valence-electron chi connectivity index (χ4n) is 2.77. The van der Waals surface area contributed by atoms with Crippen LogP contribution in [0.1, 0.15) is 5.56 Å². The highest BCUT2D eigenvalue weighted by Gasteiger charge is 2.21. The standard InChI is InChI=1S/C18H22N4O2/c1-14-4-3-5-16(12-14)21-8-10-22(11-9-21)18(23)20-15-6-7-17(24-2)19-13-15/h3-7,12-13H,8-11H2,1-2H3,(H,20,23). The van der Waals surface area contributed by atoms with Crippen molar-refractivity contribution in [3.8, 4) is 5.88 Å². The van der Waals surface area contributed by atoms with Crippen LogP contribution in [0.25, 0.3) is 0 Å². The highest BCUT2D eigenvalue weighted by atomic mass is 16.5. The number of carbonyl (C=O) groups is 1. The van der Waals surface area contributed by atoms with Gasteiger partial charge in [0.1, 0.15) is 0 Å². The lowest BCUT2D eigenvalue weighted by atomic mass is 10.2. The first-order valence-electron chi connectivity index (χ1n) is 8.03. The first-order chi connectivity index (χ1) is 11.7. The Balaban J connectivity index is 1.54. The van der Waals surface area contributed by atoms with Crippen molar-refractivity contribution in [2.24, 2.45) is 0 Å². The van der Waals surface area contributed by atoms with Crippen LogP contribution in [0.2, 0.25) is 0 Å². The molecule has 0 spiro atoms. The zero-order chi connectivity index (χ0) is 16.9. The largest absolute Gasteiger partial charge is 0.481 e. The first kappa shape index (κ1) is 16.1. The molecule has 1 aliphatic rings. The summed E-state index contributed by atoms with van der Waals surface area (Å²) in [6.07, 6.45) is 1.60. The molecule has 24 heavy (non-hydrogen) atoms. The summed E-state index contributed by atoms with van der Waals surface area (Å²) in [5.41, 5.74) is 3.14. The number of aryl methyl sites for hydroxylation is 1. The maximum atomic E-state index is 12.4. The van der Waals surface area contributed by atoms with Gasteiger partial charge in [-0.1, -0.05) is 12.1 Å². The van der Waals surface area contributed by atoms with Gasteiger partial charge in [-0.2, -0.15) is 0 Å². The number of benzene rings is 1. The molecule has 1 N–H and O–H groups in total. The average Bonchev–Trinajstić information content (AvgIpc) is 2.62. The van der Waals surface area contributed by atoms with Gasteiger partial charge in [-0.15, -0.1) is 0 Å². The summed E-state index contributed by atoms with van der Waals surface area (Å²) in [6, 6.07) is 11.9. The zero-order valence-corrected chi connectivity index (χ0v) is 14.0. The monoisotopic (exact) mass is 326 g/mol. The number of nitrogens with zero attached hydrogens (tertiary/aromatic N) is 3. The van der Waals surface area contributed by atoms with Crippen molar-refractivity contribution in [2.45, 2.75) is 6.92 Å². The van der Waals surface area contributed by atoms with Crippen LogP contribution in [0.15, 0.2) is 42.6 Å². The van der Waals surface area contributed by atoms with Gasteiger partial charge in [0.05, 0.1) is 19.0 Å². The van der Waals surface area contributed by atoms with E-state index >= 15 is 0 Å². The minimum atomic E-state index is -0.0918. The van der Waals surface area contributed by atoms with Gasteiger partial charge in [0.15, 0.2) is 0 Å². The van der Waals surface area contributed by atoms with Gasteiger partial charge in [-0.05, 0) is 30.7 Å². The number of piperazine rings is 1. The Labute approximate surface area is 142 Å². The highest BCUT2D eigenvalue weighted by molar-refractivity contribution is 5.89. The molecule has 6 heteroatoms. The first-order valence-corrected chi connectivity index (χ1v) is 8.03. The molecule has 1 aromatic heterocycles. The average molecular weight is 326 g/mol. The molecule has 0 radical (unpaired) electrons. The minimum absolute atomic E-state index is 0.0918. The maximum Gasteiger partial charge on any atom is 0.322 e. The molecule has 0 unspecified atom stereocenters. The van der Waals surface area contributed by atoms with Crippen LogP contribution in [-0.2, 0) is 0 Å². The molecule has 2 aromatic rings. The fourth-order valence-corrected chi connectivity index (χ4v) is 2.77. The molecule has 126 valence electrons. The van der Waals surface area contributed by atoms with Crippen LogP contribution in [0, 0.1) is 6.92 Å². The highest BCUT2D eigenvalue weighted by Crippen LogP contribution is 2.18. The number of carbonyl (C=O) groups excluding carboxylic acids is 1. The third kappa shape index (κ3) is 3.76. The van der Waals surface area contributed by atoms with Crippen LogP contribution in [0.4, 0.5) is 16.2 Å². The Hall–Kier alpha value is -2.76. The summed E-state index contributed by atoms with van der Waals surface area (Å²) in [4.78, 5) is 20.6. The molecular weight excluding hydrogens is 304 g/mol. The van der Waals surface area contributed by atoms with Gasteiger partial charge in [0, 0.05) is 37.9 Å². The summed E-state index contributed by atoms with van der Waals surface area (Å²) in [7, 11) is 1.56. The summed E-state index contributed by atoms with van der Waals surface area (Å²) in [6.45, 7) is 5.15. The van der Waals surface area contributed by atoms with E-state index in [1.54, 1.807) is 25.4 Å². The van der Waals surface area contributed by atoms with Crippen molar-refractivity contribution < 1.29 is 9.53 Å². The quantitative estimate of drug-likeness (QED) is 0.942. The molecule has 0 aliphatic carbocycles. The van der Waals surface area contributed by atoms with Crippen molar-refractivity contribution in [1.29, 1.82) is 0 Å². The smallest absolute Gasteiger partial charge is 0.322 e. The van der Waals surface area contributed by atoms with E-state index in [0.29, 0.717) is 24.7 Å². The third-order valence-corrected chi connectivity index (χ3v) is 4.13. The Morgan fingerprint density at radius 2 is 1.96 bits per heavy atom. The minimum Gasteiger partial charge on any atom is -0.481 e. The van der Waals surface area contributed by atoms with E-state index in [1.807, 2.05) is 4.90 Å². The summed E-state index contributed by atoms with van der Waals surface area (Å²) >= 11 is 0. The molecular formula is C18H22N4O2. The molecule has 1 fully saturated rings. The normalized spacial score (nSPS) is 14.4. The van der Waals surface area contributed by atoms with Crippen LogP contribution in [-0.4, -0.2) is 49.2 Å². The Kier molecular flexibility index (Phi) is 4.84. The summed E-state index contributed by atoms with van der Waals surface area (Å²) < 4.78 is 5.01. The number of ether oxygens (including phenoxy) is 1. The Morgan fingerprint density at radius 3 is 2.58 bits per heavy atom. The van der Waals surface area contributed by atoms with Crippen molar-refractivity contribution in [1.82, 2.24) is 9.88 Å². The second-order valence-electron chi connectivity index (χ2n) is 5.83. The predicted molar refractivity (Wildman–Crippen MR) is 94.8 cm³/mol. The number of methoxy groups -OCH3 is 1. The van der Waals surface area contributed by atoms with Crippen molar-refractivity contribution >= 4 is 17.4 Å². The molecule has 0 bridgehead atoms. The lowest BCUT2D eigenvalue weighted by Crippen LogP contribution is -2.50. The van der Waals surface area contributed by atoms with Crippen molar-refractivity contribution in [2.75, 3.05) is 43.5 Å². The second kappa shape index (κ2) is 7.21. The Morgan fingerprint density at radius 1 is 1.17 bits per heavy atom. The molecule has 1 aromatic carbocycles. The number of urea groups is 1. The van der Waals surface area contributed by atoms with E-state index < -0.39 is 0 Å². The number of nitrogens with one attached hydrogen (secondary N) is 1. The SMILES string of the molecule is COc1ccc(NC(=O)N2CCN(c3cccc(C)c3)CC2)cn1. The van der Waals surface area contributed by atoms with Crippen molar-refractivity contribution in [3.05, 3.63) is 48.2 Å². The van der Waals surface area contributed by atoms with E-state index in [4.69, 9.17) is 4.74 Å². The molecule has 1 aliphatic heterocycles. The van der Waals surface area contributed by atoms with E-state index in [0.717, 1.165) is 13.1 Å². The van der Waals surface area contributed by atoms with Gasteiger partial charge in [-0.3, -0.25) is 0 Å². The number of amides is 2. The van der Waals surface area contributed by atoms with Crippen LogP contribution < -0.4 is 15.0 Å². The number of pyridine rings is 1. The molecule has 2 heterocycles. The fraction of sp³-hybridized carbons (Fsp3) is 0.333. The number of hydrogen-bond acceptors (Lipinski definition) is 4. The van der Waals surface area contributed by atoms with Crippen molar-refractivity contribution in [3.63, 3.8) is 0 Å².